The fraction of sp³-hybridized carbons (Fsp3) is 0.222. The SMILES string of the molecule is COc1ccc2nnc(CCCC(=O)Nc3nc(-c4ccccn4)cs3)n2n1. The molecule has 0 saturated heterocycles. The Kier molecular flexibility index (Phi) is 5.20. The highest BCUT2D eigenvalue weighted by Crippen LogP contribution is 2.23. The van der Waals surface area contributed by atoms with Crippen LogP contribution in [0.2, 0.25) is 0 Å². The number of aromatic nitrogens is 6. The van der Waals surface area contributed by atoms with Gasteiger partial charge in [0.25, 0.3) is 0 Å². The third kappa shape index (κ3) is 3.96. The number of hydrogen-bond acceptors (Lipinski definition) is 8. The lowest BCUT2D eigenvalue weighted by atomic mass is 10.2. The van der Waals surface area contributed by atoms with Gasteiger partial charge in [-0.3, -0.25) is 9.78 Å². The van der Waals surface area contributed by atoms with Crippen molar-refractivity contribution >= 4 is 28.0 Å². The summed E-state index contributed by atoms with van der Waals surface area (Å²) in [6, 6.07) is 9.15. The summed E-state index contributed by atoms with van der Waals surface area (Å²) < 4.78 is 6.76. The van der Waals surface area contributed by atoms with Crippen molar-refractivity contribution in [1.29, 1.82) is 0 Å². The van der Waals surface area contributed by atoms with Gasteiger partial charge in [0, 0.05) is 30.5 Å². The first-order valence-electron chi connectivity index (χ1n) is 8.65. The second kappa shape index (κ2) is 8.09. The van der Waals surface area contributed by atoms with E-state index in [1.54, 1.807) is 30.0 Å². The highest BCUT2D eigenvalue weighted by molar-refractivity contribution is 7.14. The number of nitrogens with one attached hydrogen (secondary N) is 1. The lowest BCUT2D eigenvalue weighted by Gasteiger charge is -2.02. The second-order valence-electron chi connectivity index (χ2n) is 5.92. The number of fused-ring (bicyclic) bond motifs is 1. The molecule has 4 aromatic heterocycles. The van der Waals surface area contributed by atoms with Crippen molar-refractivity contribution in [2.75, 3.05) is 12.4 Å². The third-order valence-corrected chi connectivity index (χ3v) is 4.75. The molecule has 142 valence electrons. The Morgan fingerprint density at radius 1 is 1.21 bits per heavy atom. The molecule has 4 heterocycles. The number of amides is 1. The molecule has 0 aliphatic rings. The lowest BCUT2D eigenvalue weighted by molar-refractivity contribution is -0.116. The van der Waals surface area contributed by atoms with Gasteiger partial charge in [0.1, 0.15) is 5.69 Å². The topological polar surface area (TPSA) is 107 Å². The molecule has 0 aliphatic carbocycles. The number of nitrogens with zero attached hydrogens (tertiary/aromatic N) is 6. The van der Waals surface area contributed by atoms with E-state index in [4.69, 9.17) is 4.74 Å². The van der Waals surface area contributed by atoms with E-state index in [0.717, 1.165) is 11.4 Å². The molecule has 0 saturated carbocycles. The number of methoxy groups -OCH3 is 1. The summed E-state index contributed by atoms with van der Waals surface area (Å²) in [6.45, 7) is 0. The molecule has 0 unspecified atom stereocenters. The van der Waals surface area contributed by atoms with Crippen LogP contribution < -0.4 is 10.1 Å². The molecule has 10 heteroatoms. The molecule has 0 fully saturated rings. The van der Waals surface area contributed by atoms with Crippen LogP contribution in [-0.2, 0) is 11.2 Å². The van der Waals surface area contributed by atoms with Crippen LogP contribution in [0.15, 0.2) is 41.9 Å². The zero-order chi connectivity index (χ0) is 19.3. The average molecular weight is 395 g/mol. The van der Waals surface area contributed by atoms with Crippen molar-refractivity contribution in [3.8, 4) is 17.3 Å². The molecule has 0 bridgehead atoms. The van der Waals surface area contributed by atoms with E-state index in [1.807, 2.05) is 23.6 Å². The predicted molar refractivity (Wildman–Crippen MR) is 104 cm³/mol. The molecule has 0 atom stereocenters. The van der Waals surface area contributed by atoms with Crippen LogP contribution in [0.3, 0.4) is 0 Å². The van der Waals surface area contributed by atoms with Gasteiger partial charge in [0.05, 0.1) is 12.8 Å². The van der Waals surface area contributed by atoms with Crippen LogP contribution in [0.1, 0.15) is 18.7 Å². The molecule has 4 rings (SSSR count). The Hall–Kier alpha value is -3.40. The number of hydrogen-bond donors (Lipinski definition) is 1. The van der Waals surface area contributed by atoms with Gasteiger partial charge >= 0.3 is 0 Å². The van der Waals surface area contributed by atoms with Crippen LogP contribution in [0.5, 0.6) is 5.88 Å². The van der Waals surface area contributed by atoms with Crippen molar-refractivity contribution in [2.24, 2.45) is 0 Å². The van der Waals surface area contributed by atoms with Crippen molar-refractivity contribution in [3.05, 3.63) is 47.7 Å². The maximum absolute atomic E-state index is 12.2. The van der Waals surface area contributed by atoms with Crippen LogP contribution in [0, 0.1) is 0 Å². The number of anilines is 1. The normalized spacial score (nSPS) is 10.9. The first-order chi connectivity index (χ1) is 13.7. The van der Waals surface area contributed by atoms with Gasteiger partial charge in [0.15, 0.2) is 16.6 Å². The summed E-state index contributed by atoms with van der Waals surface area (Å²) in [6.07, 6.45) is 3.25. The lowest BCUT2D eigenvalue weighted by Crippen LogP contribution is -2.12. The zero-order valence-electron chi connectivity index (χ0n) is 15.1. The monoisotopic (exact) mass is 395 g/mol. The Labute approximate surface area is 164 Å². The number of rotatable bonds is 7. The van der Waals surface area contributed by atoms with Crippen molar-refractivity contribution < 1.29 is 9.53 Å². The second-order valence-corrected chi connectivity index (χ2v) is 6.77. The van der Waals surface area contributed by atoms with E-state index < -0.39 is 0 Å². The summed E-state index contributed by atoms with van der Waals surface area (Å²) in [5.41, 5.74) is 2.17. The van der Waals surface area contributed by atoms with Gasteiger partial charge in [-0.05, 0) is 24.6 Å². The zero-order valence-corrected chi connectivity index (χ0v) is 15.9. The largest absolute Gasteiger partial charge is 0.480 e. The predicted octanol–water partition coefficient (Wildman–Crippen LogP) is 2.61. The quantitative estimate of drug-likeness (QED) is 0.512. The molecule has 9 nitrogen and oxygen atoms in total. The minimum absolute atomic E-state index is 0.0960. The van der Waals surface area contributed by atoms with Gasteiger partial charge in [-0.1, -0.05) is 6.07 Å². The van der Waals surface area contributed by atoms with Gasteiger partial charge < -0.3 is 10.1 Å². The third-order valence-electron chi connectivity index (χ3n) is 3.99. The Balaban J connectivity index is 1.32. The standard InChI is InChI=1S/C18H17N7O2S/c1-27-17-9-8-15-23-22-14(25(15)24-17)6-4-7-16(26)21-18-20-13(11-28-18)12-5-2-3-10-19-12/h2-3,5,8-11H,4,6-7H2,1H3,(H,20,21,26). The number of aryl methyl sites for hydroxylation is 1. The molecule has 1 N–H and O–H groups in total. The first-order valence-corrected chi connectivity index (χ1v) is 9.53. The molecule has 0 spiro atoms. The van der Waals surface area contributed by atoms with E-state index in [9.17, 15) is 4.79 Å². The first kappa shape index (κ1) is 18.0. The number of ether oxygens (including phenoxy) is 1. The van der Waals surface area contributed by atoms with Crippen LogP contribution >= 0.6 is 11.3 Å². The van der Waals surface area contributed by atoms with E-state index in [1.165, 1.54) is 11.3 Å². The van der Waals surface area contributed by atoms with Crippen molar-refractivity contribution in [2.45, 2.75) is 19.3 Å². The molecule has 28 heavy (non-hydrogen) atoms. The summed E-state index contributed by atoms with van der Waals surface area (Å²) in [7, 11) is 1.56. The highest BCUT2D eigenvalue weighted by Gasteiger charge is 2.11. The molecule has 4 aromatic rings. The molecule has 0 aliphatic heterocycles. The molecular formula is C18H17N7O2S. The van der Waals surface area contributed by atoms with Crippen LogP contribution in [0.25, 0.3) is 17.0 Å². The van der Waals surface area contributed by atoms with Gasteiger partial charge in [-0.2, -0.15) is 4.52 Å². The fourth-order valence-corrected chi connectivity index (χ4v) is 3.35. The number of carbonyl (C=O) groups excluding carboxylic acids is 1. The van der Waals surface area contributed by atoms with E-state index >= 15 is 0 Å². The smallest absolute Gasteiger partial charge is 0.231 e. The van der Waals surface area contributed by atoms with Gasteiger partial charge in [-0.15, -0.1) is 26.6 Å². The minimum Gasteiger partial charge on any atom is -0.480 e. The Bertz CT molecular complexity index is 1090. The van der Waals surface area contributed by atoms with Gasteiger partial charge in [-0.25, -0.2) is 4.98 Å². The Morgan fingerprint density at radius 2 is 2.14 bits per heavy atom. The van der Waals surface area contributed by atoms with Crippen molar-refractivity contribution in [1.82, 2.24) is 29.8 Å². The number of carbonyl (C=O) groups is 1. The summed E-state index contributed by atoms with van der Waals surface area (Å²) in [4.78, 5) is 20.9. The van der Waals surface area contributed by atoms with E-state index in [-0.39, 0.29) is 5.91 Å². The maximum atomic E-state index is 12.2. The van der Waals surface area contributed by atoms with E-state index in [2.05, 4.69) is 30.6 Å². The number of thiazole rings is 1. The highest BCUT2D eigenvalue weighted by atomic mass is 32.1. The summed E-state index contributed by atoms with van der Waals surface area (Å²) in [5.74, 6) is 1.08. The van der Waals surface area contributed by atoms with Crippen LogP contribution in [0.4, 0.5) is 5.13 Å². The average Bonchev–Trinajstić information content (AvgIpc) is 3.35. The van der Waals surface area contributed by atoms with Gasteiger partial charge in [0.2, 0.25) is 11.8 Å². The van der Waals surface area contributed by atoms with Crippen molar-refractivity contribution in [3.63, 3.8) is 0 Å². The molecule has 0 aromatic carbocycles. The summed E-state index contributed by atoms with van der Waals surface area (Å²) in [5, 5.41) is 17.8. The molecule has 1 amide bonds. The molecule has 0 radical (unpaired) electrons. The molecular weight excluding hydrogens is 378 g/mol. The summed E-state index contributed by atoms with van der Waals surface area (Å²) >= 11 is 1.38. The maximum Gasteiger partial charge on any atom is 0.231 e. The van der Waals surface area contributed by atoms with Crippen LogP contribution in [-0.4, -0.2) is 42.8 Å². The fourth-order valence-electron chi connectivity index (χ4n) is 2.63. The van der Waals surface area contributed by atoms with E-state index in [0.29, 0.717) is 41.7 Å². The number of pyridine rings is 1. The Morgan fingerprint density at radius 3 is 2.96 bits per heavy atom. The minimum atomic E-state index is -0.0960.